The van der Waals surface area contributed by atoms with Crippen molar-refractivity contribution in [2.75, 3.05) is 19.7 Å². The van der Waals surface area contributed by atoms with Gasteiger partial charge in [0, 0.05) is 31.1 Å². The van der Waals surface area contributed by atoms with Crippen LogP contribution in [0.25, 0.3) is 11.0 Å². The standard InChI is InChI=1S/C17H20F3NO3/c1-11-6-14-13(8-16(23)24-15(14)7-12(11)2)9-21(4-3-5-22)10-17(18,19)20/h6-8,22H,3-5,9-10H2,1-2H3. The Labute approximate surface area is 137 Å². The lowest BCUT2D eigenvalue weighted by Crippen LogP contribution is -2.35. The fourth-order valence-electron chi connectivity index (χ4n) is 2.62. The van der Waals surface area contributed by atoms with Crippen molar-refractivity contribution >= 4 is 11.0 Å². The molecule has 1 heterocycles. The molecule has 0 saturated heterocycles. The van der Waals surface area contributed by atoms with Gasteiger partial charge in [-0.05, 0) is 49.1 Å². The van der Waals surface area contributed by atoms with Gasteiger partial charge in [-0.2, -0.15) is 13.2 Å². The molecule has 0 aliphatic carbocycles. The minimum Gasteiger partial charge on any atom is -0.423 e. The highest BCUT2D eigenvalue weighted by atomic mass is 19.4. The lowest BCUT2D eigenvalue weighted by molar-refractivity contribution is -0.147. The highest BCUT2D eigenvalue weighted by Crippen LogP contribution is 2.24. The number of hydrogen-bond donors (Lipinski definition) is 1. The number of rotatable bonds is 6. The number of aliphatic hydroxyl groups is 1. The predicted octanol–water partition coefficient (Wildman–Crippen LogP) is 3.16. The van der Waals surface area contributed by atoms with Crippen LogP contribution < -0.4 is 5.63 Å². The molecule has 4 nitrogen and oxygen atoms in total. The zero-order valence-corrected chi connectivity index (χ0v) is 13.6. The van der Waals surface area contributed by atoms with Crippen molar-refractivity contribution in [2.24, 2.45) is 0 Å². The number of halogens is 3. The van der Waals surface area contributed by atoms with E-state index in [0.29, 0.717) is 16.5 Å². The van der Waals surface area contributed by atoms with Gasteiger partial charge in [0.15, 0.2) is 0 Å². The zero-order valence-electron chi connectivity index (χ0n) is 13.6. The van der Waals surface area contributed by atoms with Crippen LogP contribution in [0.4, 0.5) is 13.2 Å². The van der Waals surface area contributed by atoms with Crippen LogP contribution >= 0.6 is 0 Å². The second-order valence-electron chi connectivity index (χ2n) is 5.93. The molecule has 0 bridgehead atoms. The predicted molar refractivity (Wildman–Crippen MR) is 85.0 cm³/mol. The first kappa shape index (κ1) is 18.5. The molecule has 2 rings (SSSR count). The SMILES string of the molecule is Cc1cc2oc(=O)cc(CN(CCCO)CC(F)(F)F)c2cc1C. The van der Waals surface area contributed by atoms with Crippen LogP contribution in [0, 0.1) is 13.8 Å². The zero-order chi connectivity index (χ0) is 17.9. The van der Waals surface area contributed by atoms with Gasteiger partial charge in [0.05, 0.1) is 6.54 Å². The fraction of sp³-hybridized carbons (Fsp3) is 0.471. The fourth-order valence-corrected chi connectivity index (χ4v) is 2.62. The third-order valence-corrected chi connectivity index (χ3v) is 3.87. The van der Waals surface area contributed by atoms with Gasteiger partial charge in [-0.25, -0.2) is 4.79 Å². The first-order chi connectivity index (χ1) is 11.2. The van der Waals surface area contributed by atoms with Crippen molar-refractivity contribution in [2.45, 2.75) is 33.0 Å². The Morgan fingerprint density at radius 3 is 2.46 bits per heavy atom. The lowest BCUT2D eigenvalue weighted by Gasteiger charge is -2.24. The van der Waals surface area contributed by atoms with E-state index >= 15 is 0 Å². The summed E-state index contributed by atoms with van der Waals surface area (Å²) in [6.07, 6.45) is -4.12. The highest BCUT2D eigenvalue weighted by Gasteiger charge is 2.30. The lowest BCUT2D eigenvalue weighted by atomic mass is 10.0. The average Bonchev–Trinajstić information content (AvgIpc) is 2.45. The topological polar surface area (TPSA) is 53.7 Å². The Morgan fingerprint density at radius 2 is 1.83 bits per heavy atom. The molecule has 1 aromatic heterocycles. The van der Waals surface area contributed by atoms with Gasteiger partial charge in [0.1, 0.15) is 5.58 Å². The molecule has 0 atom stereocenters. The molecule has 0 aliphatic heterocycles. The van der Waals surface area contributed by atoms with Gasteiger partial charge < -0.3 is 9.52 Å². The van der Waals surface area contributed by atoms with Crippen LogP contribution in [0.15, 0.2) is 27.4 Å². The van der Waals surface area contributed by atoms with Crippen molar-refractivity contribution in [1.29, 1.82) is 0 Å². The molecule has 0 amide bonds. The van der Waals surface area contributed by atoms with E-state index in [2.05, 4.69) is 0 Å². The van der Waals surface area contributed by atoms with Gasteiger partial charge in [-0.15, -0.1) is 0 Å². The van der Waals surface area contributed by atoms with Gasteiger partial charge in [-0.3, -0.25) is 4.90 Å². The molecular weight excluding hydrogens is 323 g/mol. The van der Waals surface area contributed by atoms with E-state index in [1.165, 1.54) is 11.0 Å². The molecular formula is C17H20F3NO3. The van der Waals surface area contributed by atoms with E-state index in [-0.39, 0.29) is 26.1 Å². The third kappa shape index (κ3) is 4.82. The largest absolute Gasteiger partial charge is 0.423 e. The Morgan fingerprint density at radius 1 is 1.17 bits per heavy atom. The van der Waals surface area contributed by atoms with Gasteiger partial charge in [0.25, 0.3) is 0 Å². The first-order valence-corrected chi connectivity index (χ1v) is 7.63. The van der Waals surface area contributed by atoms with Crippen molar-refractivity contribution in [3.8, 4) is 0 Å². The van der Waals surface area contributed by atoms with Crippen LogP contribution in [0.2, 0.25) is 0 Å². The Kier molecular flexibility index (Phi) is 5.66. The maximum atomic E-state index is 12.8. The molecule has 2 aromatic rings. The molecule has 0 aliphatic rings. The quantitative estimate of drug-likeness (QED) is 0.819. The monoisotopic (exact) mass is 343 g/mol. The molecule has 24 heavy (non-hydrogen) atoms. The number of hydrogen-bond acceptors (Lipinski definition) is 4. The Bertz CT molecular complexity index is 768. The second-order valence-corrected chi connectivity index (χ2v) is 5.93. The van der Waals surface area contributed by atoms with Crippen molar-refractivity contribution < 1.29 is 22.7 Å². The van der Waals surface area contributed by atoms with Gasteiger partial charge >= 0.3 is 11.8 Å². The van der Waals surface area contributed by atoms with Crippen molar-refractivity contribution in [3.63, 3.8) is 0 Å². The molecule has 0 fully saturated rings. The van der Waals surface area contributed by atoms with Crippen LogP contribution in [-0.4, -0.2) is 35.9 Å². The second kappa shape index (κ2) is 7.36. The normalized spacial score (nSPS) is 12.3. The number of aliphatic hydroxyl groups excluding tert-OH is 1. The van der Waals surface area contributed by atoms with Crippen LogP contribution in [0.1, 0.15) is 23.1 Å². The molecule has 1 aromatic carbocycles. The summed E-state index contributed by atoms with van der Waals surface area (Å²) in [5, 5.41) is 9.52. The minimum atomic E-state index is -4.35. The molecule has 0 saturated carbocycles. The molecule has 1 N–H and O–H groups in total. The number of benzene rings is 1. The van der Waals surface area contributed by atoms with E-state index in [9.17, 15) is 18.0 Å². The number of alkyl halides is 3. The highest BCUT2D eigenvalue weighted by molar-refractivity contribution is 5.81. The summed E-state index contributed by atoms with van der Waals surface area (Å²) in [4.78, 5) is 12.9. The summed E-state index contributed by atoms with van der Waals surface area (Å²) in [5.74, 6) is 0. The summed E-state index contributed by atoms with van der Waals surface area (Å²) < 4.78 is 43.5. The molecule has 7 heteroatoms. The third-order valence-electron chi connectivity index (χ3n) is 3.87. The minimum absolute atomic E-state index is 0.0376. The average molecular weight is 343 g/mol. The summed E-state index contributed by atoms with van der Waals surface area (Å²) in [6.45, 7) is 2.53. The number of aryl methyl sites for hydroxylation is 2. The van der Waals surface area contributed by atoms with Gasteiger partial charge in [0.2, 0.25) is 0 Å². The van der Waals surface area contributed by atoms with Crippen LogP contribution in [0.3, 0.4) is 0 Å². The van der Waals surface area contributed by atoms with E-state index in [0.717, 1.165) is 11.1 Å². The molecule has 0 unspecified atom stereocenters. The van der Waals surface area contributed by atoms with E-state index in [4.69, 9.17) is 9.52 Å². The van der Waals surface area contributed by atoms with Crippen LogP contribution in [-0.2, 0) is 6.54 Å². The molecule has 132 valence electrons. The number of fused-ring (bicyclic) bond motifs is 1. The maximum absolute atomic E-state index is 12.8. The van der Waals surface area contributed by atoms with Crippen molar-refractivity contribution in [3.05, 3.63) is 45.3 Å². The van der Waals surface area contributed by atoms with Crippen LogP contribution in [0.5, 0.6) is 0 Å². The summed E-state index contributed by atoms with van der Waals surface area (Å²) in [6, 6.07) is 4.78. The molecule has 0 radical (unpaired) electrons. The first-order valence-electron chi connectivity index (χ1n) is 7.63. The maximum Gasteiger partial charge on any atom is 0.401 e. The Balaban J connectivity index is 2.41. The molecule has 0 spiro atoms. The Hall–Kier alpha value is -1.86. The summed E-state index contributed by atoms with van der Waals surface area (Å²) in [5.41, 5.74) is 2.18. The van der Waals surface area contributed by atoms with Gasteiger partial charge in [-0.1, -0.05) is 0 Å². The van der Waals surface area contributed by atoms with E-state index in [1.54, 1.807) is 6.07 Å². The number of nitrogens with zero attached hydrogens (tertiary/aromatic N) is 1. The summed E-state index contributed by atoms with van der Waals surface area (Å²) >= 11 is 0. The smallest absolute Gasteiger partial charge is 0.401 e. The van der Waals surface area contributed by atoms with E-state index < -0.39 is 18.3 Å². The van der Waals surface area contributed by atoms with E-state index in [1.807, 2.05) is 19.9 Å². The summed E-state index contributed by atoms with van der Waals surface area (Å²) in [7, 11) is 0. The van der Waals surface area contributed by atoms with Crippen molar-refractivity contribution in [1.82, 2.24) is 4.90 Å².